The molecule has 1 aromatic rings. The van der Waals surface area contributed by atoms with Gasteiger partial charge >= 0.3 is 5.97 Å². The van der Waals surface area contributed by atoms with Crippen LogP contribution in [-0.4, -0.2) is 58.2 Å². The maximum Gasteiger partial charge on any atom is 0.309 e. The normalized spacial score (nSPS) is 19.0. The number of morpholine rings is 1. The average Bonchev–Trinajstić information content (AvgIpc) is 3.45. The Kier molecular flexibility index (Phi) is 5.37. The van der Waals surface area contributed by atoms with Crippen LogP contribution in [0.25, 0.3) is 0 Å². The molecule has 7 nitrogen and oxygen atoms in total. The van der Waals surface area contributed by atoms with E-state index < -0.39 is 10.0 Å². The van der Waals surface area contributed by atoms with Gasteiger partial charge in [0.15, 0.2) is 0 Å². The Morgan fingerprint density at radius 2 is 1.79 bits per heavy atom. The SMILES string of the molecule is O=C(OCCOc1ccc(S(=O)(=O)N2CCOCC2)cc1)C1CC1. The molecule has 1 heterocycles. The van der Waals surface area contributed by atoms with Crippen molar-refractivity contribution in [1.29, 1.82) is 0 Å². The molecule has 0 spiro atoms. The molecule has 2 aliphatic rings. The molecule has 1 aromatic carbocycles. The van der Waals surface area contributed by atoms with Gasteiger partial charge in [-0.1, -0.05) is 0 Å². The van der Waals surface area contributed by atoms with Gasteiger partial charge in [-0.3, -0.25) is 4.79 Å². The molecule has 0 N–H and O–H groups in total. The largest absolute Gasteiger partial charge is 0.490 e. The van der Waals surface area contributed by atoms with Gasteiger partial charge in [0.2, 0.25) is 10.0 Å². The van der Waals surface area contributed by atoms with Crippen LogP contribution in [0, 0.1) is 5.92 Å². The number of nitrogens with zero attached hydrogens (tertiary/aromatic N) is 1. The summed E-state index contributed by atoms with van der Waals surface area (Å²) >= 11 is 0. The van der Waals surface area contributed by atoms with E-state index >= 15 is 0 Å². The van der Waals surface area contributed by atoms with Gasteiger partial charge in [-0.25, -0.2) is 8.42 Å². The molecule has 0 aromatic heterocycles. The van der Waals surface area contributed by atoms with Crippen molar-refractivity contribution in [2.45, 2.75) is 17.7 Å². The molecule has 132 valence electrons. The Balaban J connectivity index is 1.50. The molecule has 1 saturated carbocycles. The fraction of sp³-hybridized carbons (Fsp3) is 0.562. The van der Waals surface area contributed by atoms with Crippen LogP contribution in [0.5, 0.6) is 5.75 Å². The monoisotopic (exact) mass is 355 g/mol. The summed E-state index contributed by atoms with van der Waals surface area (Å²) in [6.07, 6.45) is 1.83. The van der Waals surface area contributed by atoms with Crippen molar-refractivity contribution in [1.82, 2.24) is 4.31 Å². The van der Waals surface area contributed by atoms with E-state index in [9.17, 15) is 13.2 Å². The number of sulfonamides is 1. The molecule has 0 radical (unpaired) electrons. The third-order valence-corrected chi connectivity index (χ3v) is 5.85. The molecule has 0 unspecified atom stereocenters. The summed E-state index contributed by atoms with van der Waals surface area (Å²) < 4.78 is 42.1. The Bertz CT molecular complexity index is 662. The summed E-state index contributed by atoms with van der Waals surface area (Å²) in [4.78, 5) is 11.6. The van der Waals surface area contributed by atoms with Crippen LogP contribution in [0.4, 0.5) is 0 Å². The topological polar surface area (TPSA) is 82.1 Å². The lowest BCUT2D eigenvalue weighted by Crippen LogP contribution is -2.40. The van der Waals surface area contributed by atoms with Crippen LogP contribution in [-0.2, 0) is 24.3 Å². The van der Waals surface area contributed by atoms with Crippen LogP contribution in [0.1, 0.15) is 12.8 Å². The van der Waals surface area contributed by atoms with E-state index in [0.717, 1.165) is 12.8 Å². The number of esters is 1. The molecule has 8 heteroatoms. The van der Waals surface area contributed by atoms with Gasteiger partial charge < -0.3 is 14.2 Å². The Morgan fingerprint density at radius 3 is 2.42 bits per heavy atom. The van der Waals surface area contributed by atoms with Crippen LogP contribution >= 0.6 is 0 Å². The van der Waals surface area contributed by atoms with Gasteiger partial charge in [-0.15, -0.1) is 0 Å². The van der Waals surface area contributed by atoms with Crippen LogP contribution in [0.3, 0.4) is 0 Å². The first kappa shape index (κ1) is 17.2. The average molecular weight is 355 g/mol. The van der Waals surface area contributed by atoms with Gasteiger partial charge in [-0.2, -0.15) is 4.31 Å². The summed E-state index contributed by atoms with van der Waals surface area (Å²) in [6.45, 7) is 2.01. The maximum atomic E-state index is 12.5. The van der Waals surface area contributed by atoms with Crippen molar-refractivity contribution >= 4 is 16.0 Å². The van der Waals surface area contributed by atoms with E-state index in [0.29, 0.717) is 32.1 Å². The van der Waals surface area contributed by atoms with E-state index in [-0.39, 0.29) is 30.0 Å². The molecule has 0 amide bonds. The first-order valence-corrected chi connectivity index (χ1v) is 9.49. The molecule has 1 aliphatic heterocycles. The van der Waals surface area contributed by atoms with Crippen molar-refractivity contribution in [2.75, 3.05) is 39.5 Å². The zero-order valence-electron chi connectivity index (χ0n) is 13.3. The van der Waals surface area contributed by atoms with E-state index in [4.69, 9.17) is 14.2 Å². The highest BCUT2D eigenvalue weighted by Gasteiger charge is 2.31. The van der Waals surface area contributed by atoms with Gasteiger partial charge in [-0.05, 0) is 37.1 Å². The number of rotatable bonds is 7. The van der Waals surface area contributed by atoms with Crippen molar-refractivity contribution in [3.63, 3.8) is 0 Å². The first-order valence-electron chi connectivity index (χ1n) is 8.05. The van der Waals surface area contributed by atoms with E-state index in [1.54, 1.807) is 12.1 Å². The molecule has 0 atom stereocenters. The highest BCUT2D eigenvalue weighted by Crippen LogP contribution is 2.30. The molecule has 0 bridgehead atoms. The van der Waals surface area contributed by atoms with E-state index in [1.165, 1.54) is 16.4 Å². The van der Waals surface area contributed by atoms with Crippen LogP contribution < -0.4 is 4.74 Å². The lowest BCUT2D eigenvalue weighted by Gasteiger charge is -2.26. The quantitative estimate of drug-likeness (QED) is 0.537. The summed E-state index contributed by atoms with van der Waals surface area (Å²) in [6, 6.07) is 6.26. The predicted molar refractivity (Wildman–Crippen MR) is 85.2 cm³/mol. The number of hydrogen-bond acceptors (Lipinski definition) is 6. The molecular weight excluding hydrogens is 334 g/mol. The predicted octanol–water partition coefficient (Wildman–Crippen LogP) is 1.04. The second-order valence-corrected chi connectivity index (χ2v) is 7.72. The van der Waals surface area contributed by atoms with Crippen LogP contribution in [0.2, 0.25) is 0 Å². The zero-order valence-corrected chi connectivity index (χ0v) is 14.2. The molecule has 3 rings (SSSR count). The fourth-order valence-corrected chi connectivity index (χ4v) is 3.79. The second-order valence-electron chi connectivity index (χ2n) is 5.78. The summed E-state index contributed by atoms with van der Waals surface area (Å²) in [5.41, 5.74) is 0. The summed E-state index contributed by atoms with van der Waals surface area (Å²) in [5, 5.41) is 0. The zero-order chi connectivity index (χ0) is 17.0. The van der Waals surface area contributed by atoms with E-state index in [1.807, 2.05) is 0 Å². The molecule has 1 saturated heterocycles. The fourth-order valence-electron chi connectivity index (χ4n) is 2.38. The van der Waals surface area contributed by atoms with Crippen molar-refractivity contribution in [2.24, 2.45) is 5.92 Å². The van der Waals surface area contributed by atoms with Gasteiger partial charge in [0.05, 0.1) is 24.0 Å². The van der Waals surface area contributed by atoms with Crippen molar-refractivity contribution < 1.29 is 27.4 Å². The minimum absolute atomic E-state index is 0.0784. The number of carbonyl (C=O) groups excluding carboxylic acids is 1. The highest BCUT2D eigenvalue weighted by atomic mass is 32.2. The Morgan fingerprint density at radius 1 is 1.12 bits per heavy atom. The maximum absolute atomic E-state index is 12.5. The number of hydrogen-bond donors (Lipinski definition) is 0. The Hall–Kier alpha value is -1.64. The molecule has 2 fully saturated rings. The third-order valence-electron chi connectivity index (χ3n) is 3.94. The lowest BCUT2D eigenvalue weighted by atomic mass is 10.3. The Labute approximate surface area is 141 Å². The van der Waals surface area contributed by atoms with Gasteiger partial charge in [0.1, 0.15) is 19.0 Å². The lowest BCUT2D eigenvalue weighted by molar-refractivity contribution is -0.145. The minimum Gasteiger partial charge on any atom is -0.490 e. The molecular formula is C16H21NO6S. The van der Waals surface area contributed by atoms with Crippen molar-refractivity contribution in [3.05, 3.63) is 24.3 Å². The highest BCUT2D eigenvalue weighted by molar-refractivity contribution is 7.89. The van der Waals surface area contributed by atoms with Crippen molar-refractivity contribution in [3.8, 4) is 5.75 Å². The first-order chi connectivity index (χ1) is 11.6. The van der Waals surface area contributed by atoms with Gasteiger partial charge in [0.25, 0.3) is 0 Å². The number of benzene rings is 1. The minimum atomic E-state index is -3.49. The number of carbonyl (C=O) groups is 1. The molecule has 1 aliphatic carbocycles. The van der Waals surface area contributed by atoms with Gasteiger partial charge in [0, 0.05) is 13.1 Å². The smallest absolute Gasteiger partial charge is 0.309 e. The summed E-state index contributed by atoms with van der Waals surface area (Å²) in [5.74, 6) is 0.457. The number of ether oxygens (including phenoxy) is 3. The summed E-state index contributed by atoms with van der Waals surface area (Å²) in [7, 11) is -3.49. The standard InChI is InChI=1S/C16H21NO6S/c18-16(13-1-2-13)23-12-11-22-14-3-5-15(6-4-14)24(19,20)17-7-9-21-10-8-17/h3-6,13H,1-2,7-12H2. The third kappa shape index (κ3) is 4.25. The van der Waals surface area contributed by atoms with E-state index in [2.05, 4.69) is 0 Å². The second kappa shape index (κ2) is 7.50. The molecule has 24 heavy (non-hydrogen) atoms. The van der Waals surface area contributed by atoms with Crippen LogP contribution in [0.15, 0.2) is 29.2 Å².